The van der Waals surface area contributed by atoms with E-state index < -0.39 is 5.97 Å². The van der Waals surface area contributed by atoms with Gasteiger partial charge in [-0.1, -0.05) is 35.5 Å². The summed E-state index contributed by atoms with van der Waals surface area (Å²) in [7, 11) is 0. The molecule has 0 atom stereocenters. The number of carbonyl (C=O) groups excluding carboxylic acids is 1. The van der Waals surface area contributed by atoms with E-state index in [2.05, 4.69) is 10.5 Å². The first-order valence-corrected chi connectivity index (χ1v) is 6.99. The average Bonchev–Trinajstić information content (AvgIpc) is 2.57. The molecule has 1 amide bonds. The smallest absolute Gasteiger partial charge is 0.303 e. The summed E-state index contributed by atoms with van der Waals surface area (Å²) >= 11 is 0. The number of anilines is 1. The molecule has 6 nitrogen and oxygen atoms in total. The molecule has 0 aliphatic rings. The Bertz CT molecular complexity index is 709. The number of nitrogens with zero attached hydrogens (tertiary/aromatic N) is 1. The summed E-state index contributed by atoms with van der Waals surface area (Å²) in [6, 6.07) is 15.5. The average molecular weight is 312 g/mol. The molecule has 2 rings (SSSR count). The van der Waals surface area contributed by atoms with Crippen molar-refractivity contribution in [1.82, 2.24) is 0 Å². The van der Waals surface area contributed by atoms with Crippen LogP contribution < -0.4 is 5.32 Å². The van der Waals surface area contributed by atoms with Gasteiger partial charge in [0.1, 0.15) is 0 Å². The number of carboxylic acids is 1. The summed E-state index contributed by atoms with van der Waals surface area (Å²) in [6.45, 7) is 0. The first kappa shape index (κ1) is 16.2. The van der Waals surface area contributed by atoms with Gasteiger partial charge in [0.25, 0.3) is 5.91 Å². The van der Waals surface area contributed by atoms with Crippen LogP contribution in [0.3, 0.4) is 0 Å². The monoisotopic (exact) mass is 312 g/mol. The van der Waals surface area contributed by atoms with E-state index in [0.29, 0.717) is 16.8 Å². The quantitative estimate of drug-likeness (QED) is 0.434. The highest BCUT2D eigenvalue weighted by Crippen LogP contribution is 2.14. The van der Waals surface area contributed by atoms with Crippen molar-refractivity contribution in [2.45, 2.75) is 12.8 Å². The Labute approximate surface area is 133 Å². The number of hydrogen-bond donors (Lipinski definition) is 3. The predicted octanol–water partition coefficient (Wildman–Crippen LogP) is 2.98. The standard InChI is InChI=1S/C17H16N2O4/c20-16(21)11-10-15(19-23)12-6-8-14(9-7-12)18-17(22)13-4-2-1-3-5-13/h1-9,23H,10-11H2,(H,18,22)(H,20,21). The molecule has 3 N–H and O–H groups in total. The van der Waals surface area contributed by atoms with Crippen LogP contribution in [0.1, 0.15) is 28.8 Å². The van der Waals surface area contributed by atoms with E-state index in [1.165, 1.54) is 0 Å². The largest absolute Gasteiger partial charge is 0.481 e. The molecular formula is C17H16N2O4. The molecule has 6 heteroatoms. The molecule has 0 fully saturated rings. The predicted molar refractivity (Wildman–Crippen MR) is 86.0 cm³/mol. The number of hydrogen-bond acceptors (Lipinski definition) is 4. The van der Waals surface area contributed by atoms with Gasteiger partial charge in [-0.2, -0.15) is 0 Å². The SMILES string of the molecule is O=C(O)CCC(=NO)c1ccc(NC(=O)c2ccccc2)cc1. The fourth-order valence-electron chi connectivity index (χ4n) is 2.02. The van der Waals surface area contributed by atoms with E-state index in [-0.39, 0.29) is 24.5 Å². The summed E-state index contributed by atoms with van der Waals surface area (Å²) in [5.74, 6) is -1.18. The molecule has 0 aliphatic heterocycles. The third-order valence-corrected chi connectivity index (χ3v) is 3.21. The number of aliphatic carboxylic acids is 1. The Morgan fingerprint density at radius 1 is 0.913 bits per heavy atom. The molecule has 0 aromatic heterocycles. The highest BCUT2D eigenvalue weighted by Gasteiger charge is 2.09. The van der Waals surface area contributed by atoms with Crippen molar-refractivity contribution in [2.24, 2.45) is 5.16 Å². The van der Waals surface area contributed by atoms with E-state index in [0.717, 1.165) is 0 Å². The number of amides is 1. The Balaban J connectivity index is 2.04. The van der Waals surface area contributed by atoms with Gasteiger partial charge in [0.15, 0.2) is 0 Å². The molecule has 0 radical (unpaired) electrons. The van der Waals surface area contributed by atoms with Gasteiger partial charge in [-0.15, -0.1) is 0 Å². The lowest BCUT2D eigenvalue weighted by Gasteiger charge is -2.07. The molecule has 0 unspecified atom stereocenters. The molecule has 0 aliphatic carbocycles. The Hall–Kier alpha value is -3.15. The van der Waals surface area contributed by atoms with Gasteiger partial charge in [-0.3, -0.25) is 9.59 Å². The van der Waals surface area contributed by atoms with Crippen molar-refractivity contribution >= 4 is 23.3 Å². The van der Waals surface area contributed by atoms with E-state index in [9.17, 15) is 9.59 Å². The Morgan fingerprint density at radius 3 is 2.13 bits per heavy atom. The van der Waals surface area contributed by atoms with Crippen LogP contribution in [0.2, 0.25) is 0 Å². The molecule has 0 saturated heterocycles. The van der Waals surface area contributed by atoms with Gasteiger partial charge >= 0.3 is 5.97 Å². The molecule has 0 spiro atoms. The van der Waals surface area contributed by atoms with Gasteiger partial charge in [0, 0.05) is 17.7 Å². The fourth-order valence-corrected chi connectivity index (χ4v) is 2.02. The zero-order chi connectivity index (χ0) is 16.7. The number of benzene rings is 2. The van der Waals surface area contributed by atoms with Gasteiger partial charge < -0.3 is 15.6 Å². The molecule has 23 heavy (non-hydrogen) atoms. The van der Waals surface area contributed by atoms with Crippen molar-refractivity contribution in [3.05, 3.63) is 65.7 Å². The first-order valence-electron chi connectivity index (χ1n) is 6.99. The van der Waals surface area contributed by atoms with Crippen LogP contribution in [0.4, 0.5) is 5.69 Å². The van der Waals surface area contributed by atoms with E-state index in [1.54, 1.807) is 48.5 Å². The molecule has 2 aromatic carbocycles. The summed E-state index contributed by atoms with van der Waals surface area (Å²) < 4.78 is 0. The summed E-state index contributed by atoms with van der Waals surface area (Å²) in [5.41, 5.74) is 2.04. The van der Waals surface area contributed by atoms with Crippen molar-refractivity contribution in [1.29, 1.82) is 0 Å². The van der Waals surface area contributed by atoms with Crippen molar-refractivity contribution in [3.63, 3.8) is 0 Å². The zero-order valence-corrected chi connectivity index (χ0v) is 12.3. The summed E-state index contributed by atoms with van der Waals surface area (Å²) in [5, 5.41) is 23.5. The van der Waals surface area contributed by atoms with Crippen molar-refractivity contribution < 1.29 is 19.9 Å². The van der Waals surface area contributed by atoms with Crippen LogP contribution in [-0.2, 0) is 4.79 Å². The van der Waals surface area contributed by atoms with Crippen molar-refractivity contribution in [2.75, 3.05) is 5.32 Å². The minimum Gasteiger partial charge on any atom is -0.481 e. The van der Waals surface area contributed by atoms with E-state index >= 15 is 0 Å². The molecule has 2 aromatic rings. The Morgan fingerprint density at radius 2 is 1.57 bits per heavy atom. The number of oxime groups is 1. The molecular weight excluding hydrogens is 296 g/mol. The maximum absolute atomic E-state index is 12.0. The second-order valence-corrected chi connectivity index (χ2v) is 4.84. The van der Waals surface area contributed by atoms with Crippen LogP contribution in [0.25, 0.3) is 0 Å². The van der Waals surface area contributed by atoms with Crippen LogP contribution in [0, 0.1) is 0 Å². The maximum Gasteiger partial charge on any atom is 0.303 e. The van der Waals surface area contributed by atoms with Crippen LogP contribution in [0.15, 0.2) is 59.8 Å². The third kappa shape index (κ3) is 4.67. The number of carboxylic acid groups (broad SMARTS) is 1. The molecule has 118 valence electrons. The number of rotatable bonds is 6. The highest BCUT2D eigenvalue weighted by molar-refractivity contribution is 6.05. The van der Waals surface area contributed by atoms with Gasteiger partial charge in [-0.25, -0.2) is 0 Å². The first-order chi connectivity index (χ1) is 11.1. The van der Waals surface area contributed by atoms with Crippen LogP contribution in [0.5, 0.6) is 0 Å². The lowest BCUT2D eigenvalue weighted by molar-refractivity contribution is -0.136. The second kappa shape index (κ2) is 7.74. The van der Waals surface area contributed by atoms with Gasteiger partial charge in [0.05, 0.1) is 12.1 Å². The number of carbonyl (C=O) groups is 2. The minimum atomic E-state index is -0.960. The second-order valence-electron chi connectivity index (χ2n) is 4.84. The fraction of sp³-hybridized carbons (Fsp3) is 0.118. The Kier molecular flexibility index (Phi) is 5.46. The van der Waals surface area contributed by atoms with E-state index in [1.807, 2.05) is 6.07 Å². The molecule has 0 bridgehead atoms. The van der Waals surface area contributed by atoms with Crippen molar-refractivity contribution in [3.8, 4) is 0 Å². The summed E-state index contributed by atoms with van der Waals surface area (Å²) in [6.07, 6.45) is 0.00738. The van der Waals surface area contributed by atoms with Gasteiger partial charge in [-0.05, 0) is 29.8 Å². The van der Waals surface area contributed by atoms with E-state index in [4.69, 9.17) is 10.3 Å². The lowest BCUT2D eigenvalue weighted by Crippen LogP contribution is -2.12. The maximum atomic E-state index is 12.0. The van der Waals surface area contributed by atoms with Gasteiger partial charge in [0.2, 0.25) is 0 Å². The minimum absolute atomic E-state index is 0.119. The molecule has 0 heterocycles. The molecule has 0 saturated carbocycles. The zero-order valence-electron chi connectivity index (χ0n) is 12.3. The normalized spacial score (nSPS) is 11.0. The topological polar surface area (TPSA) is 99.0 Å². The highest BCUT2D eigenvalue weighted by atomic mass is 16.4. The van der Waals surface area contributed by atoms with Crippen LogP contribution >= 0.6 is 0 Å². The lowest BCUT2D eigenvalue weighted by atomic mass is 10.1. The third-order valence-electron chi connectivity index (χ3n) is 3.21. The number of nitrogens with one attached hydrogen (secondary N) is 1. The van der Waals surface area contributed by atoms with Crippen LogP contribution in [-0.4, -0.2) is 27.9 Å². The summed E-state index contributed by atoms with van der Waals surface area (Å²) in [4.78, 5) is 22.6.